The number of benzene rings is 1. The Morgan fingerprint density at radius 1 is 1.35 bits per heavy atom. The number of aromatic nitrogens is 2. The number of Topliss-reactive ketones (excluding diaryl/α,β-unsaturated/α-hetero) is 1. The van der Waals surface area contributed by atoms with Crippen LogP contribution < -0.4 is 0 Å². The molecule has 0 saturated carbocycles. The molecular formula is C16H21N3O. The van der Waals surface area contributed by atoms with E-state index in [1.807, 2.05) is 61.8 Å². The highest BCUT2D eigenvalue weighted by Crippen LogP contribution is 2.12. The van der Waals surface area contributed by atoms with Crippen LogP contribution >= 0.6 is 0 Å². The van der Waals surface area contributed by atoms with E-state index in [4.69, 9.17) is 0 Å². The molecule has 0 aliphatic rings. The molecule has 0 spiro atoms. The summed E-state index contributed by atoms with van der Waals surface area (Å²) in [6.07, 6.45) is 3.68. The first-order valence-corrected chi connectivity index (χ1v) is 6.72. The van der Waals surface area contributed by atoms with Gasteiger partial charge in [0.15, 0.2) is 5.78 Å². The summed E-state index contributed by atoms with van der Waals surface area (Å²) in [6, 6.07) is 5.95. The van der Waals surface area contributed by atoms with E-state index in [0.717, 1.165) is 17.0 Å². The molecule has 0 atom stereocenters. The Morgan fingerprint density at radius 3 is 2.70 bits per heavy atom. The lowest BCUT2D eigenvalue weighted by molar-refractivity contribution is 0.0940. The summed E-state index contributed by atoms with van der Waals surface area (Å²) in [7, 11) is 3.90. The highest BCUT2D eigenvalue weighted by molar-refractivity contribution is 5.98. The van der Waals surface area contributed by atoms with Crippen molar-refractivity contribution in [3.8, 4) is 0 Å². The number of hydrogen-bond acceptors (Lipinski definition) is 3. The van der Waals surface area contributed by atoms with Crippen LogP contribution in [0.5, 0.6) is 0 Å². The minimum Gasteiger partial charge on any atom is -0.337 e. The molecule has 0 amide bonds. The van der Waals surface area contributed by atoms with Gasteiger partial charge in [0, 0.05) is 25.0 Å². The van der Waals surface area contributed by atoms with Gasteiger partial charge >= 0.3 is 0 Å². The second-order valence-electron chi connectivity index (χ2n) is 5.37. The number of likely N-dealkylation sites (N-methyl/N-ethyl adjacent to an activating group) is 1. The molecule has 0 radical (unpaired) electrons. The highest BCUT2D eigenvalue weighted by Gasteiger charge is 2.13. The Hall–Kier alpha value is -1.94. The minimum absolute atomic E-state index is 0.152. The van der Waals surface area contributed by atoms with E-state index in [-0.39, 0.29) is 5.78 Å². The Kier molecular flexibility index (Phi) is 4.35. The van der Waals surface area contributed by atoms with Crippen LogP contribution in [0.2, 0.25) is 0 Å². The van der Waals surface area contributed by atoms with Crippen LogP contribution in [0.4, 0.5) is 0 Å². The zero-order chi connectivity index (χ0) is 14.7. The summed E-state index contributed by atoms with van der Waals surface area (Å²) in [5, 5.41) is 0. The van der Waals surface area contributed by atoms with E-state index in [1.165, 1.54) is 5.56 Å². The maximum Gasteiger partial charge on any atom is 0.177 e. The summed E-state index contributed by atoms with van der Waals surface area (Å²) in [4.78, 5) is 18.6. The number of rotatable bonds is 5. The molecule has 20 heavy (non-hydrogen) atoms. The Labute approximate surface area is 120 Å². The third-order valence-corrected chi connectivity index (χ3v) is 3.43. The maximum atomic E-state index is 12.3. The van der Waals surface area contributed by atoms with Gasteiger partial charge in [-0.15, -0.1) is 0 Å². The molecule has 0 saturated heterocycles. The molecule has 0 unspecified atom stereocenters. The molecule has 0 bridgehead atoms. The van der Waals surface area contributed by atoms with Crippen LogP contribution in [-0.2, 0) is 13.6 Å². The van der Waals surface area contributed by atoms with Crippen molar-refractivity contribution < 1.29 is 4.79 Å². The van der Waals surface area contributed by atoms with E-state index >= 15 is 0 Å². The van der Waals surface area contributed by atoms with Crippen molar-refractivity contribution in [1.29, 1.82) is 0 Å². The quantitative estimate of drug-likeness (QED) is 0.784. The summed E-state index contributed by atoms with van der Waals surface area (Å²) in [5.74, 6) is 1.11. The molecule has 0 N–H and O–H groups in total. The van der Waals surface area contributed by atoms with Gasteiger partial charge in [0.25, 0.3) is 0 Å². The molecule has 1 aromatic carbocycles. The summed E-state index contributed by atoms with van der Waals surface area (Å²) < 4.78 is 1.97. The van der Waals surface area contributed by atoms with Crippen LogP contribution in [0.25, 0.3) is 0 Å². The first-order chi connectivity index (χ1) is 9.47. The zero-order valence-electron chi connectivity index (χ0n) is 12.6. The Balaban J connectivity index is 2.02. The number of imidazole rings is 1. The molecule has 1 aromatic heterocycles. The van der Waals surface area contributed by atoms with Gasteiger partial charge in [-0.05, 0) is 26.5 Å². The van der Waals surface area contributed by atoms with Crippen molar-refractivity contribution in [3.63, 3.8) is 0 Å². The fourth-order valence-corrected chi connectivity index (χ4v) is 2.30. The monoisotopic (exact) mass is 271 g/mol. The van der Waals surface area contributed by atoms with Crippen molar-refractivity contribution in [2.24, 2.45) is 7.05 Å². The lowest BCUT2D eigenvalue weighted by Gasteiger charge is -2.16. The lowest BCUT2D eigenvalue weighted by Crippen LogP contribution is -2.27. The van der Waals surface area contributed by atoms with Gasteiger partial charge in [-0.2, -0.15) is 0 Å². The van der Waals surface area contributed by atoms with E-state index in [1.54, 1.807) is 6.20 Å². The molecule has 1 heterocycles. The van der Waals surface area contributed by atoms with Gasteiger partial charge in [-0.3, -0.25) is 9.69 Å². The van der Waals surface area contributed by atoms with Gasteiger partial charge < -0.3 is 4.57 Å². The standard InChI is InChI=1S/C16H21N3O/c1-12-5-6-14(13(2)9-12)15(20)10-18(3)11-16-17-7-8-19(16)4/h5-9H,10-11H2,1-4H3. The van der Waals surface area contributed by atoms with Gasteiger partial charge in [0.05, 0.1) is 13.1 Å². The van der Waals surface area contributed by atoms with Crippen molar-refractivity contribution in [1.82, 2.24) is 14.5 Å². The molecule has 4 nitrogen and oxygen atoms in total. The lowest BCUT2D eigenvalue weighted by atomic mass is 10.0. The van der Waals surface area contributed by atoms with Gasteiger partial charge in [-0.1, -0.05) is 23.8 Å². The van der Waals surface area contributed by atoms with Crippen LogP contribution in [0.15, 0.2) is 30.6 Å². The predicted molar refractivity (Wildman–Crippen MR) is 79.8 cm³/mol. The molecule has 0 aliphatic heterocycles. The average molecular weight is 271 g/mol. The van der Waals surface area contributed by atoms with E-state index in [2.05, 4.69) is 4.98 Å². The maximum absolute atomic E-state index is 12.3. The minimum atomic E-state index is 0.152. The zero-order valence-corrected chi connectivity index (χ0v) is 12.6. The first kappa shape index (κ1) is 14.5. The molecule has 106 valence electrons. The number of carbonyl (C=O) groups excluding carboxylic acids is 1. The van der Waals surface area contributed by atoms with Crippen LogP contribution in [0.3, 0.4) is 0 Å². The molecular weight excluding hydrogens is 250 g/mol. The highest BCUT2D eigenvalue weighted by atomic mass is 16.1. The average Bonchev–Trinajstić information content (AvgIpc) is 2.74. The largest absolute Gasteiger partial charge is 0.337 e. The Morgan fingerprint density at radius 2 is 2.10 bits per heavy atom. The Bertz CT molecular complexity index is 616. The fraction of sp³-hybridized carbons (Fsp3) is 0.375. The summed E-state index contributed by atoms with van der Waals surface area (Å²) >= 11 is 0. The predicted octanol–water partition coefficient (Wildman–Crippen LogP) is 2.35. The number of hydrogen-bond donors (Lipinski definition) is 0. The van der Waals surface area contributed by atoms with Crippen molar-refractivity contribution in [3.05, 3.63) is 53.1 Å². The SMILES string of the molecule is Cc1ccc(C(=O)CN(C)Cc2nccn2C)c(C)c1. The van der Waals surface area contributed by atoms with E-state index in [9.17, 15) is 4.79 Å². The van der Waals surface area contributed by atoms with Crippen molar-refractivity contribution in [2.75, 3.05) is 13.6 Å². The van der Waals surface area contributed by atoms with Crippen molar-refractivity contribution in [2.45, 2.75) is 20.4 Å². The third kappa shape index (κ3) is 3.33. The van der Waals surface area contributed by atoms with Crippen LogP contribution in [0.1, 0.15) is 27.3 Å². The fourth-order valence-electron chi connectivity index (χ4n) is 2.30. The number of nitrogens with zero attached hydrogens (tertiary/aromatic N) is 3. The summed E-state index contributed by atoms with van der Waals surface area (Å²) in [5.41, 5.74) is 3.03. The molecule has 0 fully saturated rings. The van der Waals surface area contributed by atoms with E-state index in [0.29, 0.717) is 13.1 Å². The number of ketones is 1. The molecule has 2 rings (SSSR count). The second-order valence-corrected chi connectivity index (χ2v) is 5.37. The first-order valence-electron chi connectivity index (χ1n) is 6.72. The van der Waals surface area contributed by atoms with Crippen LogP contribution in [0, 0.1) is 13.8 Å². The van der Waals surface area contributed by atoms with Gasteiger partial charge in [-0.25, -0.2) is 4.98 Å². The number of aryl methyl sites for hydroxylation is 3. The number of carbonyl (C=O) groups is 1. The topological polar surface area (TPSA) is 38.1 Å². The van der Waals surface area contributed by atoms with Crippen molar-refractivity contribution >= 4 is 5.78 Å². The molecule has 2 aromatic rings. The molecule has 0 aliphatic carbocycles. The molecule has 4 heteroatoms. The third-order valence-electron chi connectivity index (χ3n) is 3.43. The van der Waals surface area contributed by atoms with E-state index < -0.39 is 0 Å². The van der Waals surface area contributed by atoms with Crippen LogP contribution in [-0.4, -0.2) is 33.8 Å². The second kappa shape index (κ2) is 6.01. The normalized spacial score (nSPS) is 11.1. The van der Waals surface area contributed by atoms with Gasteiger partial charge in [0.2, 0.25) is 0 Å². The van der Waals surface area contributed by atoms with Gasteiger partial charge in [0.1, 0.15) is 5.82 Å². The summed E-state index contributed by atoms with van der Waals surface area (Å²) in [6.45, 7) is 5.09. The smallest absolute Gasteiger partial charge is 0.177 e.